The summed E-state index contributed by atoms with van der Waals surface area (Å²) >= 11 is 12.5. The molecule has 0 bridgehead atoms. The molecule has 6 nitrogen and oxygen atoms in total. The molecule has 2 aliphatic rings. The average molecular weight is 496 g/mol. The number of anilines is 1. The van der Waals surface area contributed by atoms with Crippen LogP contribution < -0.4 is 14.4 Å². The zero-order chi connectivity index (χ0) is 23.9. The number of carbonyl (C=O) groups is 2. The number of aliphatic hydroxyl groups is 1. The van der Waals surface area contributed by atoms with Crippen molar-refractivity contribution in [1.29, 1.82) is 0 Å². The number of halogens is 2. The zero-order valence-corrected chi connectivity index (χ0v) is 19.3. The number of amides is 1. The lowest BCUT2D eigenvalue weighted by molar-refractivity contribution is -0.140. The van der Waals surface area contributed by atoms with Gasteiger partial charge in [-0.1, -0.05) is 53.5 Å². The normalized spacial score (nSPS) is 18.6. The quantitative estimate of drug-likeness (QED) is 0.479. The Kier molecular flexibility index (Phi) is 5.81. The number of fused-ring (bicyclic) bond motifs is 2. The van der Waals surface area contributed by atoms with E-state index in [9.17, 15) is 14.7 Å². The summed E-state index contributed by atoms with van der Waals surface area (Å²) in [5.41, 5.74) is 0.187. The molecular formula is C26H19Cl2NO5. The number of rotatable bonds is 6. The second-order valence-corrected chi connectivity index (χ2v) is 8.94. The summed E-state index contributed by atoms with van der Waals surface area (Å²) in [6, 6.07) is 17.3. The van der Waals surface area contributed by atoms with Crippen LogP contribution in [-0.4, -0.2) is 23.6 Å². The van der Waals surface area contributed by atoms with Crippen LogP contribution in [0.1, 0.15) is 23.1 Å². The molecule has 0 aromatic heterocycles. The summed E-state index contributed by atoms with van der Waals surface area (Å²) in [5.74, 6) is 0.216. The molecule has 1 unspecified atom stereocenters. The van der Waals surface area contributed by atoms with E-state index in [0.717, 1.165) is 11.1 Å². The van der Waals surface area contributed by atoms with Gasteiger partial charge in [0.15, 0.2) is 22.9 Å². The standard InChI is InChI=1S/C26H19Cl2NO5/c27-18-7-9-22-20(12-18)26(32,25(31)29(22)14-17-3-1-2-4-21(17)28)13-19(30)8-5-16-6-10-23-24(11-16)34-15-33-23/h1-12,32H,13-15H2. The Hall–Kier alpha value is -3.32. The molecule has 3 aromatic carbocycles. The zero-order valence-electron chi connectivity index (χ0n) is 17.8. The molecule has 0 saturated heterocycles. The van der Waals surface area contributed by atoms with Gasteiger partial charge in [0, 0.05) is 15.6 Å². The summed E-state index contributed by atoms with van der Waals surface area (Å²) in [6.45, 7) is 0.305. The number of ether oxygens (including phenoxy) is 2. The molecule has 1 amide bonds. The maximum atomic E-state index is 13.4. The fraction of sp³-hybridized carbons (Fsp3) is 0.154. The Morgan fingerprint density at radius 3 is 2.68 bits per heavy atom. The van der Waals surface area contributed by atoms with E-state index in [1.54, 1.807) is 48.5 Å². The molecule has 0 spiro atoms. The van der Waals surface area contributed by atoms with Crippen LogP contribution in [0.4, 0.5) is 5.69 Å². The minimum atomic E-state index is -2.04. The van der Waals surface area contributed by atoms with Gasteiger partial charge in [-0.15, -0.1) is 0 Å². The maximum Gasteiger partial charge on any atom is 0.264 e. The molecular weight excluding hydrogens is 477 g/mol. The largest absolute Gasteiger partial charge is 0.454 e. The first-order chi connectivity index (χ1) is 16.3. The van der Waals surface area contributed by atoms with Crippen molar-refractivity contribution in [3.05, 3.63) is 93.5 Å². The van der Waals surface area contributed by atoms with Gasteiger partial charge in [-0.2, -0.15) is 0 Å². The first-order valence-electron chi connectivity index (χ1n) is 10.5. The van der Waals surface area contributed by atoms with E-state index >= 15 is 0 Å². The highest BCUT2D eigenvalue weighted by Gasteiger charge is 2.50. The Labute approximate surface area is 205 Å². The lowest BCUT2D eigenvalue weighted by Gasteiger charge is -2.22. The van der Waals surface area contributed by atoms with Gasteiger partial charge in [0.2, 0.25) is 6.79 Å². The van der Waals surface area contributed by atoms with Crippen molar-refractivity contribution in [2.24, 2.45) is 0 Å². The van der Waals surface area contributed by atoms with Crippen molar-refractivity contribution < 1.29 is 24.2 Å². The van der Waals surface area contributed by atoms with E-state index in [1.807, 2.05) is 12.1 Å². The minimum Gasteiger partial charge on any atom is -0.454 e. The molecule has 1 N–H and O–H groups in total. The van der Waals surface area contributed by atoms with Crippen LogP contribution in [0.5, 0.6) is 11.5 Å². The van der Waals surface area contributed by atoms with E-state index < -0.39 is 23.7 Å². The molecule has 172 valence electrons. The molecule has 3 aromatic rings. The summed E-state index contributed by atoms with van der Waals surface area (Å²) in [4.78, 5) is 27.7. The highest BCUT2D eigenvalue weighted by atomic mass is 35.5. The monoisotopic (exact) mass is 495 g/mol. The van der Waals surface area contributed by atoms with E-state index in [0.29, 0.717) is 32.8 Å². The van der Waals surface area contributed by atoms with Crippen LogP contribution in [0.2, 0.25) is 10.0 Å². The van der Waals surface area contributed by atoms with Crippen LogP contribution in [0.3, 0.4) is 0 Å². The van der Waals surface area contributed by atoms with Crippen LogP contribution in [0.25, 0.3) is 6.08 Å². The Bertz CT molecular complexity index is 1340. The van der Waals surface area contributed by atoms with Crippen LogP contribution in [0, 0.1) is 0 Å². The van der Waals surface area contributed by atoms with Crippen molar-refractivity contribution >= 4 is 46.7 Å². The third-order valence-corrected chi connectivity index (χ3v) is 6.47. The fourth-order valence-electron chi connectivity index (χ4n) is 4.16. The number of hydrogen-bond donors (Lipinski definition) is 1. The van der Waals surface area contributed by atoms with E-state index in [2.05, 4.69) is 0 Å². The summed E-state index contributed by atoms with van der Waals surface area (Å²) in [5, 5.41) is 12.3. The van der Waals surface area contributed by atoms with E-state index in [1.165, 1.54) is 17.0 Å². The van der Waals surface area contributed by atoms with Crippen molar-refractivity contribution in [3.8, 4) is 11.5 Å². The van der Waals surface area contributed by atoms with Crippen LogP contribution in [-0.2, 0) is 21.7 Å². The lowest BCUT2D eigenvalue weighted by atomic mass is 9.89. The van der Waals surface area contributed by atoms with Crippen LogP contribution in [0.15, 0.2) is 66.7 Å². The number of benzene rings is 3. The molecule has 8 heteroatoms. The molecule has 0 fully saturated rings. The van der Waals surface area contributed by atoms with Crippen LogP contribution >= 0.6 is 23.2 Å². The van der Waals surface area contributed by atoms with Gasteiger partial charge in [-0.05, 0) is 53.6 Å². The topological polar surface area (TPSA) is 76.1 Å². The molecule has 5 rings (SSSR count). The third-order valence-electron chi connectivity index (χ3n) is 5.87. The number of hydrogen-bond acceptors (Lipinski definition) is 5. The van der Waals surface area contributed by atoms with Gasteiger partial charge in [-0.3, -0.25) is 9.59 Å². The first kappa shape index (κ1) is 22.5. The van der Waals surface area contributed by atoms with E-state index in [-0.39, 0.29) is 13.3 Å². The molecule has 2 aliphatic heterocycles. The average Bonchev–Trinajstić information content (AvgIpc) is 3.36. The van der Waals surface area contributed by atoms with Crippen molar-refractivity contribution in [1.82, 2.24) is 0 Å². The van der Waals surface area contributed by atoms with Gasteiger partial charge in [-0.25, -0.2) is 0 Å². The Morgan fingerprint density at radius 2 is 1.85 bits per heavy atom. The highest BCUT2D eigenvalue weighted by molar-refractivity contribution is 6.31. The van der Waals surface area contributed by atoms with Gasteiger partial charge >= 0.3 is 0 Å². The second kappa shape index (κ2) is 8.80. The minimum absolute atomic E-state index is 0.149. The predicted molar refractivity (Wildman–Crippen MR) is 129 cm³/mol. The number of nitrogens with zero attached hydrogens (tertiary/aromatic N) is 1. The Morgan fingerprint density at radius 1 is 1.06 bits per heavy atom. The van der Waals surface area contributed by atoms with Gasteiger partial charge in [0.25, 0.3) is 5.91 Å². The molecule has 0 radical (unpaired) electrons. The summed E-state index contributed by atoms with van der Waals surface area (Å²) in [7, 11) is 0. The van der Waals surface area contributed by atoms with E-state index in [4.69, 9.17) is 32.7 Å². The number of carbonyl (C=O) groups excluding carboxylic acids is 2. The first-order valence-corrected chi connectivity index (χ1v) is 11.3. The van der Waals surface area contributed by atoms with Crippen molar-refractivity contribution in [2.45, 2.75) is 18.6 Å². The SMILES string of the molecule is O=C(C=Cc1ccc2c(c1)OCO2)CC1(O)C(=O)N(Cc2ccccc2Cl)c2ccc(Cl)cc21. The van der Waals surface area contributed by atoms with Gasteiger partial charge in [0.05, 0.1) is 18.7 Å². The smallest absolute Gasteiger partial charge is 0.264 e. The molecule has 34 heavy (non-hydrogen) atoms. The maximum absolute atomic E-state index is 13.4. The Balaban J connectivity index is 1.41. The third kappa shape index (κ3) is 4.05. The van der Waals surface area contributed by atoms with Crippen molar-refractivity contribution in [2.75, 3.05) is 11.7 Å². The molecule has 0 saturated carbocycles. The summed E-state index contributed by atoms with van der Waals surface area (Å²) < 4.78 is 10.6. The fourth-order valence-corrected chi connectivity index (χ4v) is 4.53. The van der Waals surface area contributed by atoms with Gasteiger partial charge in [0.1, 0.15) is 0 Å². The highest BCUT2D eigenvalue weighted by Crippen LogP contribution is 2.45. The summed E-state index contributed by atoms with van der Waals surface area (Å²) in [6.07, 6.45) is 2.51. The molecule has 0 aliphatic carbocycles. The molecule has 2 heterocycles. The molecule has 1 atom stereocenters. The predicted octanol–water partition coefficient (Wildman–Crippen LogP) is 5.13. The lowest BCUT2D eigenvalue weighted by Crippen LogP contribution is -2.41. The van der Waals surface area contributed by atoms with Gasteiger partial charge < -0.3 is 19.5 Å². The number of ketones is 1. The van der Waals surface area contributed by atoms with Crippen molar-refractivity contribution in [3.63, 3.8) is 0 Å². The number of allylic oxidation sites excluding steroid dienone is 1. The second-order valence-electron chi connectivity index (χ2n) is 8.09.